The van der Waals surface area contributed by atoms with E-state index in [4.69, 9.17) is 14.7 Å². The molecule has 1 unspecified atom stereocenters. The van der Waals surface area contributed by atoms with Gasteiger partial charge in [-0.3, -0.25) is 9.98 Å². The van der Waals surface area contributed by atoms with Gasteiger partial charge in [0.25, 0.3) is 0 Å². The molecule has 1 atom stereocenters. The molecule has 210 valence electrons. The van der Waals surface area contributed by atoms with Gasteiger partial charge in [-0.15, -0.1) is 0 Å². The second-order valence-electron chi connectivity index (χ2n) is 11.3. The van der Waals surface area contributed by atoms with E-state index in [2.05, 4.69) is 119 Å². The molecule has 0 radical (unpaired) electrons. The number of rotatable bonds is 3. The van der Waals surface area contributed by atoms with Crippen molar-refractivity contribution in [1.29, 1.82) is 0 Å². The highest BCUT2D eigenvalue weighted by Gasteiger charge is 2.31. The zero-order valence-corrected chi connectivity index (χ0v) is 23.9. The Labute approximate surface area is 255 Å². The number of hydrogen-bond donors (Lipinski definition) is 1. The van der Waals surface area contributed by atoms with Crippen molar-refractivity contribution in [3.8, 4) is 39.6 Å². The lowest BCUT2D eigenvalue weighted by Gasteiger charge is -2.29. The predicted octanol–water partition coefficient (Wildman–Crippen LogP) is 9.16. The summed E-state index contributed by atoms with van der Waals surface area (Å²) in [6.07, 6.45) is 7.94. The molecule has 9 rings (SSSR count). The fourth-order valence-corrected chi connectivity index (χ4v) is 6.77. The van der Waals surface area contributed by atoms with Crippen LogP contribution in [0.5, 0.6) is 11.5 Å². The molecular formula is C39H28N4O. The quantitative estimate of drug-likeness (QED) is 0.231. The summed E-state index contributed by atoms with van der Waals surface area (Å²) in [5.74, 6) is 1.55. The molecule has 0 saturated carbocycles. The molecule has 5 heteroatoms. The third-order valence-corrected chi connectivity index (χ3v) is 8.73. The first-order valence-electron chi connectivity index (χ1n) is 15.1. The maximum atomic E-state index is 6.65. The van der Waals surface area contributed by atoms with E-state index in [1.807, 2.05) is 24.4 Å². The van der Waals surface area contributed by atoms with Gasteiger partial charge >= 0.3 is 0 Å². The predicted molar refractivity (Wildman–Crippen MR) is 176 cm³/mol. The minimum Gasteiger partial charge on any atom is -0.454 e. The summed E-state index contributed by atoms with van der Waals surface area (Å²) in [6.45, 7) is 0. The number of fused-ring (bicyclic) bond motifs is 7. The van der Waals surface area contributed by atoms with Crippen LogP contribution in [0.2, 0.25) is 0 Å². The van der Waals surface area contributed by atoms with Crippen molar-refractivity contribution in [2.45, 2.75) is 19.0 Å². The molecular weight excluding hydrogens is 540 g/mol. The molecule has 2 aromatic heterocycles. The van der Waals surface area contributed by atoms with Gasteiger partial charge in [-0.25, -0.2) is 0 Å². The topological polar surface area (TPSA) is 51.4 Å². The van der Waals surface area contributed by atoms with Gasteiger partial charge in [-0.1, -0.05) is 91.0 Å². The Bertz CT molecular complexity index is 2170. The molecule has 1 aliphatic carbocycles. The minimum atomic E-state index is -0.322. The Morgan fingerprint density at radius 3 is 2.43 bits per heavy atom. The van der Waals surface area contributed by atoms with Crippen LogP contribution < -0.4 is 10.1 Å². The van der Waals surface area contributed by atoms with Crippen LogP contribution in [0.3, 0.4) is 0 Å². The summed E-state index contributed by atoms with van der Waals surface area (Å²) in [6, 6.07) is 40.1. The number of nitrogens with one attached hydrogen (secondary N) is 1. The maximum absolute atomic E-state index is 6.65. The molecule has 44 heavy (non-hydrogen) atoms. The fourth-order valence-electron chi connectivity index (χ4n) is 6.77. The van der Waals surface area contributed by atoms with Gasteiger partial charge in [0.05, 0.1) is 28.8 Å². The Morgan fingerprint density at radius 2 is 1.55 bits per heavy atom. The van der Waals surface area contributed by atoms with E-state index in [0.29, 0.717) is 0 Å². The fraction of sp³-hybridized carbons (Fsp3) is 0.0769. The van der Waals surface area contributed by atoms with Crippen LogP contribution in [0.4, 0.5) is 0 Å². The van der Waals surface area contributed by atoms with Gasteiger partial charge in [-0.05, 0) is 49.2 Å². The molecule has 4 aromatic carbocycles. The van der Waals surface area contributed by atoms with Crippen molar-refractivity contribution in [1.82, 2.24) is 14.9 Å². The largest absolute Gasteiger partial charge is 0.454 e. The van der Waals surface area contributed by atoms with Crippen molar-refractivity contribution in [3.05, 3.63) is 156 Å². The number of ether oxygens (including phenoxy) is 1. The minimum absolute atomic E-state index is 0.322. The van der Waals surface area contributed by atoms with Crippen molar-refractivity contribution in [2.75, 3.05) is 0 Å². The molecule has 0 saturated heterocycles. The summed E-state index contributed by atoms with van der Waals surface area (Å²) < 4.78 is 9.01. The summed E-state index contributed by atoms with van der Waals surface area (Å²) in [5.41, 5.74) is 11.9. The van der Waals surface area contributed by atoms with Crippen molar-refractivity contribution in [3.63, 3.8) is 0 Å². The number of allylic oxidation sites excluding steroid dienone is 4. The molecule has 3 aliphatic rings. The summed E-state index contributed by atoms with van der Waals surface area (Å²) in [7, 11) is 0. The highest BCUT2D eigenvalue weighted by Crippen LogP contribution is 2.51. The molecule has 2 aliphatic heterocycles. The van der Waals surface area contributed by atoms with E-state index in [9.17, 15) is 0 Å². The normalized spacial score (nSPS) is 16.5. The third kappa shape index (κ3) is 3.86. The second kappa shape index (κ2) is 9.96. The Kier molecular flexibility index (Phi) is 5.63. The number of aromatic nitrogens is 2. The number of benzene rings is 4. The van der Waals surface area contributed by atoms with Gasteiger partial charge in [0.1, 0.15) is 5.75 Å². The highest BCUT2D eigenvalue weighted by molar-refractivity contribution is 6.15. The van der Waals surface area contributed by atoms with Crippen LogP contribution in [0.25, 0.3) is 39.0 Å². The number of para-hydroxylation sites is 3. The number of pyridine rings is 1. The Balaban J connectivity index is 1.28. The van der Waals surface area contributed by atoms with Crippen molar-refractivity contribution < 1.29 is 4.74 Å². The van der Waals surface area contributed by atoms with E-state index < -0.39 is 0 Å². The van der Waals surface area contributed by atoms with Crippen LogP contribution in [0.1, 0.15) is 30.3 Å². The average molecular weight is 569 g/mol. The van der Waals surface area contributed by atoms with Gasteiger partial charge in [0.15, 0.2) is 11.9 Å². The monoisotopic (exact) mass is 568 g/mol. The molecule has 1 N–H and O–H groups in total. The zero-order valence-electron chi connectivity index (χ0n) is 23.9. The first-order valence-corrected chi connectivity index (χ1v) is 15.1. The third-order valence-electron chi connectivity index (χ3n) is 8.73. The van der Waals surface area contributed by atoms with Crippen molar-refractivity contribution in [2.24, 2.45) is 4.99 Å². The molecule has 0 amide bonds. The van der Waals surface area contributed by atoms with E-state index in [1.54, 1.807) is 0 Å². The standard InChI is InChI=1S/C39H28N4O/c1-3-13-25(14-4-1)37-27-17-7-10-20-31(27)41-39(42-37)32-23-30-35(24-40-32)44-34-22-12-9-19-29(34)38-36(30)28-18-8-11-21-33(28)43(38)26-15-5-2-6-16-26/h1-9,11-19,21-24,39,41H,10,20H2. The van der Waals surface area contributed by atoms with Crippen LogP contribution in [0.15, 0.2) is 150 Å². The molecule has 0 bridgehead atoms. The van der Waals surface area contributed by atoms with Gasteiger partial charge in [0.2, 0.25) is 0 Å². The number of nitrogens with zero attached hydrogens (tertiary/aromatic N) is 3. The van der Waals surface area contributed by atoms with E-state index in [1.165, 1.54) is 11.3 Å². The van der Waals surface area contributed by atoms with Gasteiger partial charge in [0, 0.05) is 44.6 Å². The van der Waals surface area contributed by atoms with Crippen molar-refractivity contribution >= 4 is 16.6 Å². The summed E-state index contributed by atoms with van der Waals surface area (Å²) in [4.78, 5) is 10.2. The lowest BCUT2D eigenvalue weighted by Crippen LogP contribution is -2.30. The highest BCUT2D eigenvalue weighted by atomic mass is 16.5. The van der Waals surface area contributed by atoms with Crippen LogP contribution in [-0.4, -0.2) is 15.3 Å². The Morgan fingerprint density at radius 1 is 0.773 bits per heavy atom. The molecule has 5 nitrogen and oxygen atoms in total. The van der Waals surface area contributed by atoms with Gasteiger partial charge in [-0.2, -0.15) is 0 Å². The number of aliphatic imine (C=N–C) groups is 1. The first kappa shape index (κ1) is 24.9. The lowest BCUT2D eigenvalue weighted by molar-refractivity contribution is 0.483. The summed E-state index contributed by atoms with van der Waals surface area (Å²) >= 11 is 0. The molecule has 4 heterocycles. The van der Waals surface area contributed by atoms with E-state index in [0.717, 1.165) is 80.3 Å². The van der Waals surface area contributed by atoms with Crippen LogP contribution in [0, 0.1) is 0 Å². The molecule has 0 fully saturated rings. The lowest BCUT2D eigenvalue weighted by atomic mass is 9.92. The van der Waals surface area contributed by atoms with Gasteiger partial charge < -0.3 is 14.6 Å². The van der Waals surface area contributed by atoms with E-state index >= 15 is 0 Å². The second-order valence-corrected chi connectivity index (χ2v) is 11.3. The SMILES string of the molecule is C1=CC2=C(CC1)NC(c1cc3c(cn1)Oc1ccccc1-c1c-3c3ccccc3n1-c1ccccc1)N=C2c1ccccc1. The van der Waals surface area contributed by atoms with E-state index in [-0.39, 0.29) is 6.17 Å². The molecule has 6 aromatic rings. The summed E-state index contributed by atoms with van der Waals surface area (Å²) in [5, 5.41) is 4.90. The molecule has 0 spiro atoms. The Hall–Kier alpha value is -5.68. The van der Waals surface area contributed by atoms with Crippen LogP contribution >= 0.6 is 0 Å². The van der Waals surface area contributed by atoms with Crippen LogP contribution in [-0.2, 0) is 0 Å². The maximum Gasteiger partial charge on any atom is 0.162 e. The zero-order chi connectivity index (χ0) is 29.0. The smallest absolute Gasteiger partial charge is 0.162 e. The number of hydrogen-bond acceptors (Lipinski definition) is 4. The first-order chi connectivity index (χ1) is 21.8. The average Bonchev–Trinajstić information content (AvgIpc) is 3.36.